The summed E-state index contributed by atoms with van der Waals surface area (Å²) in [4.78, 5) is 12.3. The van der Waals surface area contributed by atoms with Crippen molar-refractivity contribution in [3.05, 3.63) is 29.3 Å². The van der Waals surface area contributed by atoms with Crippen LogP contribution in [-0.2, 0) is 14.8 Å². The van der Waals surface area contributed by atoms with Crippen molar-refractivity contribution in [1.29, 1.82) is 0 Å². The van der Waals surface area contributed by atoms with Crippen LogP contribution in [0.15, 0.2) is 24.3 Å². The lowest BCUT2D eigenvalue weighted by atomic mass is 10.2. The second-order valence-corrected chi connectivity index (χ2v) is 10.7. The standard InChI is InChI=1S/C16H25ClN2O3S2/c1-12(15(20)18-10-11-23-16(2,3)4)19(24(5,21)22)14-8-6-13(17)7-9-14/h6-9,12H,10-11H2,1-5H3,(H,18,20)/t12-/m0/s1. The normalized spacial score (nSPS) is 13.4. The molecule has 5 nitrogen and oxygen atoms in total. The van der Waals surface area contributed by atoms with E-state index in [4.69, 9.17) is 11.6 Å². The molecule has 1 rings (SSSR count). The summed E-state index contributed by atoms with van der Waals surface area (Å²) in [6.07, 6.45) is 1.08. The third-order valence-corrected chi connectivity index (χ3v) is 5.87. The van der Waals surface area contributed by atoms with Gasteiger partial charge in [0, 0.05) is 22.1 Å². The third-order valence-electron chi connectivity index (χ3n) is 3.11. The zero-order chi connectivity index (χ0) is 18.5. The summed E-state index contributed by atoms with van der Waals surface area (Å²) < 4.78 is 25.5. The zero-order valence-corrected chi connectivity index (χ0v) is 17.1. The lowest BCUT2D eigenvalue weighted by molar-refractivity contribution is -0.121. The van der Waals surface area contributed by atoms with Crippen LogP contribution >= 0.6 is 23.4 Å². The fraction of sp³-hybridized carbons (Fsp3) is 0.562. The van der Waals surface area contributed by atoms with Gasteiger partial charge in [0.25, 0.3) is 0 Å². The molecule has 1 N–H and O–H groups in total. The summed E-state index contributed by atoms with van der Waals surface area (Å²) in [6, 6.07) is 5.52. The van der Waals surface area contributed by atoms with Crippen LogP contribution in [-0.4, -0.2) is 43.7 Å². The van der Waals surface area contributed by atoms with Crippen molar-refractivity contribution in [2.24, 2.45) is 0 Å². The quantitative estimate of drug-likeness (QED) is 0.724. The maximum absolute atomic E-state index is 12.3. The van der Waals surface area contributed by atoms with Gasteiger partial charge in [-0.25, -0.2) is 8.42 Å². The number of hydrogen-bond donors (Lipinski definition) is 1. The molecule has 0 aliphatic heterocycles. The summed E-state index contributed by atoms with van der Waals surface area (Å²) in [5.74, 6) is 0.437. The highest BCUT2D eigenvalue weighted by molar-refractivity contribution is 8.00. The topological polar surface area (TPSA) is 66.5 Å². The first-order chi connectivity index (χ1) is 10.9. The van der Waals surface area contributed by atoms with Gasteiger partial charge in [0.15, 0.2) is 0 Å². The van der Waals surface area contributed by atoms with E-state index in [-0.39, 0.29) is 10.7 Å². The van der Waals surface area contributed by atoms with Gasteiger partial charge >= 0.3 is 0 Å². The summed E-state index contributed by atoms with van der Waals surface area (Å²) in [6.45, 7) is 8.38. The average molecular weight is 393 g/mol. The second kappa shape index (κ2) is 8.45. The van der Waals surface area contributed by atoms with Crippen LogP contribution in [0.4, 0.5) is 5.69 Å². The van der Waals surface area contributed by atoms with E-state index < -0.39 is 16.1 Å². The van der Waals surface area contributed by atoms with E-state index in [0.29, 0.717) is 17.3 Å². The highest BCUT2D eigenvalue weighted by Gasteiger charge is 2.28. The van der Waals surface area contributed by atoms with Crippen LogP contribution in [0.25, 0.3) is 0 Å². The molecular formula is C16H25ClN2O3S2. The summed E-state index contributed by atoms with van der Waals surface area (Å²) in [5, 5.41) is 3.30. The van der Waals surface area contributed by atoms with E-state index in [1.165, 1.54) is 0 Å². The molecule has 1 amide bonds. The Labute approximate surface area is 154 Å². The van der Waals surface area contributed by atoms with E-state index in [0.717, 1.165) is 16.3 Å². The van der Waals surface area contributed by atoms with Crippen LogP contribution in [0.1, 0.15) is 27.7 Å². The smallest absolute Gasteiger partial charge is 0.243 e. The number of benzene rings is 1. The molecule has 0 unspecified atom stereocenters. The zero-order valence-electron chi connectivity index (χ0n) is 14.7. The summed E-state index contributed by atoms with van der Waals surface area (Å²) >= 11 is 7.58. The number of anilines is 1. The van der Waals surface area contributed by atoms with Crippen molar-refractivity contribution >= 4 is 45.0 Å². The molecule has 0 saturated heterocycles. The van der Waals surface area contributed by atoms with Gasteiger partial charge in [-0.15, -0.1) is 0 Å². The number of carbonyl (C=O) groups excluding carboxylic acids is 1. The lowest BCUT2D eigenvalue weighted by Crippen LogP contribution is -2.48. The van der Waals surface area contributed by atoms with Crippen molar-refractivity contribution in [3.8, 4) is 0 Å². The molecule has 8 heteroatoms. The van der Waals surface area contributed by atoms with E-state index in [1.807, 2.05) is 0 Å². The molecule has 24 heavy (non-hydrogen) atoms. The fourth-order valence-corrected chi connectivity index (χ4v) is 4.19. The minimum Gasteiger partial charge on any atom is -0.353 e. The van der Waals surface area contributed by atoms with Gasteiger partial charge in [0.2, 0.25) is 15.9 Å². The van der Waals surface area contributed by atoms with Gasteiger partial charge in [-0.3, -0.25) is 9.10 Å². The Morgan fingerprint density at radius 2 is 1.83 bits per heavy atom. The number of carbonyl (C=O) groups is 1. The molecule has 0 spiro atoms. The molecule has 0 saturated carbocycles. The molecule has 0 fully saturated rings. The monoisotopic (exact) mass is 392 g/mol. The number of sulfonamides is 1. The predicted octanol–water partition coefficient (Wildman–Crippen LogP) is 3.14. The van der Waals surface area contributed by atoms with Crippen LogP contribution < -0.4 is 9.62 Å². The first kappa shape index (κ1) is 21.1. The average Bonchev–Trinajstić information content (AvgIpc) is 2.43. The minimum atomic E-state index is -3.60. The molecule has 136 valence electrons. The number of nitrogens with one attached hydrogen (secondary N) is 1. The molecule has 0 aliphatic rings. The van der Waals surface area contributed by atoms with Crippen molar-refractivity contribution in [3.63, 3.8) is 0 Å². The highest BCUT2D eigenvalue weighted by atomic mass is 35.5. The van der Waals surface area contributed by atoms with E-state index in [2.05, 4.69) is 26.1 Å². The Hall–Kier alpha value is -0.920. The largest absolute Gasteiger partial charge is 0.353 e. The minimum absolute atomic E-state index is 0.123. The van der Waals surface area contributed by atoms with E-state index in [9.17, 15) is 13.2 Å². The van der Waals surface area contributed by atoms with Gasteiger partial charge in [0.05, 0.1) is 11.9 Å². The first-order valence-electron chi connectivity index (χ1n) is 7.58. The first-order valence-corrected chi connectivity index (χ1v) is 10.8. The van der Waals surface area contributed by atoms with E-state index in [1.54, 1.807) is 43.0 Å². The molecule has 0 bridgehead atoms. The second-order valence-electron chi connectivity index (χ2n) is 6.46. The summed E-state index contributed by atoms with van der Waals surface area (Å²) in [7, 11) is -3.60. The van der Waals surface area contributed by atoms with Crippen LogP contribution in [0.2, 0.25) is 5.02 Å². The molecular weight excluding hydrogens is 368 g/mol. The molecule has 0 aliphatic carbocycles. The van der Waals surface area contributed by atoms with Gasteiger partial charge in [-0.2, -0.15) is 11.8 Å². The number of hydrogen-bond acceptors (Lipinski definition) is 4. The molecule has 0 heterocycles. The van der Waals surface area contributed by atoms with Gasteiger partial charge < -0.3 is 5.32 Å². The molecule has 1 aromatic carbocycles. The Morgan fingerprint density at radius 1 is 1.29 bits per heavy atom. The number of amides is 1. The van der Waals surface area contributed by atoms with E-state index >= 15 is 0 Å². The SMILES string of the molecule is C[C@@H](C(=O)NCCSC(C)(C)C)N(c1ccc(Cl)cc1)S(C)(=O)=O. The number of rotatable bonds is 7. The van der Waals surface area contributed by atoms with Gasteiger partial charge in [-0.1, -0.05) is 32.4 Å². The third kappa shape index (κ3) is 6.91. The molecule has 1 atom stereocenters. The maximum atomic E-state index is 12.3. The number of nitrogens with zero attached hydrogens (tertiary/aromatic N) is 1. The van der Waals surface area contributed by atoms with Gasteiger partial charge in [0.1, 0.15) is 6.04 Å². The van der Waals surface area contributed by atoms with Crippen molar-refractivity contribution in [2.75, 3.05) is 22.9 Å². The Kier molecular flexibility index (Phi) is 7.44. The molecule has 1 aromatic rings. The molecule has 0 aromatic heterocycles. The lowest BCUT2D eigenvalue weighted by Gasteiger charge is -2.28. The summed E-state index contributed by atoms with van der Waals surface area (Å²) in [5.41, 5.74) is 0.411. The Bertz CT molecular complexity index is 655. The van der Waals surface area contributed by atoms with Crippen LogP contribution in [0, 0.1) is 0 Å². The van der Waals surface area contributed by atoms with Crippen LogP contribution in [0.5, 0.6) is 0 Å². The Balaban J connectivity index is 2.80. The fourth-order valence-electron chi connectivity index (χ4n) is 2.08. The van der Waals surface area contributed by atoms with Crippen molar-refractivity contribution in [2.45, 2.75) is 38.5 Å². The highest BCUT2D eigenvalue weighted by Crippen LogP contribution is 2.24. The predicted molar refractivity (Wildman–Crippen MR) is 103 cm³/mol. The maximum Gasteiger partial charge on any atom is 0.243 e. The molecule has 0 radical (unpaired) electrons. The number of thioether (sulfide) groups is 1. The number of halogens is 1. The van der Waals surface area contributed by atoms with Crippen molar-refractivity contribution in [1.82, 2.24) is 5.32 Å². The van der Waals surface area contributed by atoms with Gasteiger partial charge in [-0.05, 0) is 31.2 Å². The van der Waals surface area contributed by atoms with Crippen molar-refractivity contribution < 1.29 is 13.2 Å². The van der Waals surface area contributed by atoms with Crippen LogP contribution in [0.3, 0.4) is 0 Å². The Morgan fingerprint density at radius 3 is 2.29 bits per heavy atom.